The highest BCUT2D eigenvalue weighted by Gasteiger charge is 2.17. The number of hydrogen-bond donors (Lipinski definition) is 1. The molecule has 0 heterocycles. The third-order valence-corrected chi connectivity index (χ3v) is 2.38. The molecule has 0 fully saturated rings. The van der Waals surface area contributed by atoms with Crippen LogP contribution in [0.4, 0.5) is 4.39 Å². The minimum absolute atomic E-state index is 0.193. The average Bonchev–Trinajstić information content (AvgIpc) is 2.27. The molecule has 0 aromatic heterocycles. The van der Waals surface area contributed by atoms with Gasteiger partial charge in [-0.05, 0) is 17.7 Å². The number of esters is 1. The number of rotatable bonds is 5. The summed E-state index contributed by atoms with van der Waals surface area (Å²) in [4.78, 5) is 11.3. The van der Waals surface area contributed by atoms with E-state index in [0.717, 1.165) is 5.56 Å². The summed E-state index contributed by atoms with van der Waals surface area (Å²) in [5.74, 6) is -0.615. The second-order valence-electron chi connectivity index (χ2n) is 4.21. The van der Waals surface area contributed by atoms with Crippen molar-refractivity contribution >= 4 is 5.97 Å². The van der Waals surface area contributed by atoms with Gasteiger partial charge < -0.3 is 10.1 Å². The number of halogens is 1. The van der Waals surface area contributed by atoms with Gasteiger partial charge in [-0.15, -0.1) is 0 Å². The molecule has 94 valence electrons. The molecule has 4 heteroatoms. The normalized spacial score (nSPS) is 12.5. The molecule has 1 N–H and O–H groups in total. The third-order valence-electron chi connectivity index (χ3n) is 2.38. The molecule has 0 aliphatic heterocycles. The van der Waals surface area contributed by atoms with Crippen molar-refractivity contribution in [1.29, 1.82) is 0 Å². The largest absolute Gasteiger partial charge is 0.469 e. The standard InChI is InChI=1S/C13H18FNO2/c1-9(2)15-12(8-13(16)17-3)10-5-4-6-11(14)7-10/h4-7,9,12,15H,8H2,1-3H3. The third kappa shape index (κ3) is 4.53. The summed E-state index contributed by atoms with van der Waals surface area (Å²) in [5.41, 5.74) is 0.754. The maximum Gasteiger partial charge on any atom is 0.307 e. The van der Waals surface area contributed by atoms with Crippen molar-refractivity contribution in [3.8, 4) is 0 Å². The first-order valence-corrected chi connectivity index (χ1v) is 5.61. The summed E-state index contributed by atoms with van der Waals surface area (Å²) in [6.45, 7) is 3.95. The lowest BCUT2D eigenvalue weighted by Gasteiger charge is -2.20. The van der Waals surface area contributed by atoms with Crippen LogP contribution in [0, 0.1) is 5.82 Å². The van der Waals surface area contributed by atoms with Crippen LogP contribution in [0.2, 0.25) is 0 Å². The van der Waals surface area contributed by atoms with Crippen LogP contribution < -0.4 is 5.32 Å². The predicted octanol–water partition coefficient (Wildman–Crippen LogP) is 2.43. The molecule has 0 spiro atoms. The van der Waals surface area contributed by atoms with Gasteiger partial charge >= 0.3 is 5.97 Å². The highest BCUT2D eigenvalue weighted by Crippen LogP contribution is 2.19. The van der Waals surface area contributed by atoms with Crippen molar-refractivity contribution in [2.45, 2.75) is 32.4 Å². The van der Waals surface area contributed by atoms with Gasteiger partial charge in [0.1, 0.15) is 5.82 Å². The Bertz CT molecular complexity index is 379. The molecule has 3 nitrogen and oxygen atoms in total. The van der Waals surface area contributed by atoms with Crippen LogP contribution in [0.25, 0.3) is 0 Å². The van der Waals surface area contributed by atoms with Crippen LogP contribution in [0.3, 0.4) is 0 Å². The average molecular weight is 239 g/mol. The minimum Gasteiger partial charge on any atom is -0.469 e. The lowest BCUT2D eigenvalue weighted by molar-refractivity contribution is -0.141. The zero-order valence-corrected chi connectivity index (χ0v) is 10.4. The highest BCUT2D eigenvalue weighted by atomic mass is 19.1. The van der Waals surface area contributed by atoms with E-state index in [0.29, 0.717) is 0 Å². The molecular weight excluding hydrogens is 221 g/mol. The van der Waals surface area contributed by atoms with E-state index in [2.05, 4.69) is 10.1 Å². The van der Waals surface area contributed by atoms with Gasteiger partial charge in [-0.25, -0.2) is 4.39 Å². The molecule has 0 saturated heterocycles. The fraction of sp³-hybridized carbons (Fsp3) is 0.462. The number of methoxy groups -OCH3 is 1. The maximum absolute atomic E-state index is 13.1. The smallest absolute Gasteiger partial charge is 0.307 e. The van der Waals surface area contributed by atoms with Crippen LogP contribution >= 0.6 is 0 Å². The first-order valence-electron chi connectivity index (χ1n) is 5.61. The monoisotopic (exact) mass is 239 g/mol. The molecule has 0 aliphatic carbocycles. The number of benzene rings is 1. The van der Waals surface area contributed by atoms with Gasteiger partial charge in [0.25, 0.3) is 0 Å². The van der Waals surface area contributed by atoms with E-state index in [9.17, 15) is 9.18 Å². The molecule has 0 radical (unpaired) electrons. The molecule has 0 saturated carbocycles. The molecule has 1 aromatic carbocycles. The first-order chi connectivity index (χ1) is 8.02. The molecule has 0 aliphatic rings. The zero-order chi connectivity index (χ0) is 12.8. The van der Waals surface area contributed by atoms with Crippen LogP contribution in [0.5, 0.6) is 0 Å². The van der Waals surface area contributed by atoms with Crippen molar-refractivity contribution in [3.05, 3.63) is 35.6 Å². The van der Waals surface area contributed by atoms with Crippen molar-refractivity contribution < 1.29 is 13.9 Å². The minimum atomic E-state index is -0.313. The Labute approximate surface area is 101 Å². The molecular formula is C13H18FNO2. The Balaban J connectivity index is 2.85. The number of ether oxygens (including phenoxy) is 1. The SMILES string of the molecule is COC(=O)CC(NC(C)C)c1cccc(F)c1. The predicted molar refractivity (Wildman–Crippen MR) is 64.0 cm³/mol. The van der Waals surface area contributed by atoms with E-state index < -0.39 is 0 Å². The van der Waals surface area contributed by atoms with Gasteiger partial charge in [-0.3, -0.25) is 4.79 Å². The topological polar surface area (TPSA) is 38.3 Å². The molecule has 1 atom stereocenters. The van der Waals surface area contributed by atoms with E-state index in [4.69, 9.17) is 0 Å². The Hall–Kier alpha value is -1.42. The van der Waals surface area contributed by atoms with E-state index in [1.165, 1.54) is 19.2 Å². The highest BCUT2D eigenvalue weighted by molar-refractivity contribution is 5.70. The second kappa shape index (κ2) is 6.35. The number of hydrogen-bond acceptors (Lipinski definition) is 3. The zero-order valence-electron chi connectivity index (χ0n) is 10.4. The van der Waals surface area contributed by atoms with Gasteiger partial charge in [0, 0.05) is 12.1 Å². The second-order valence-corrected chi connectivity index (χ2v) is 4.21. The molecule has 1 aromatic rings. The van der Waals surface area contributed by atoms with Gasteiger partial charge in [0.15, 0.2) is 0 Å². The first kappa shape index (κ1) is 13.6. The molecule has 1 rings (SSSR count). The van der Waals surface area contributed by atoms with E-state index in [-0.39, 0.29) is 30.3 Å². The summed E-state index contributed by atoms with van der Waals surface area (Å²) in [6, 6.07) is 6.23. The molecule has 17 heavy (non-hydrogen) atoms. The summed E-state index contributed by atoms with van der Waals surface area (Å²) >= 11 is 0. The molecule has 1 unspecified atom stereocenters. The van der Waals surface area contributed by atoms with Crippen molar-refractivity contribution in [3.63, 3.8) is 0 Å². The summed E-state index contributed by atoms with van der Waals surface area (Å²) in [5, 5.41) is 3.22. The van der Waals surface area contributed by atoms with Crippen molar-refractivity contribution in [2.75, 3.05) is 7.11 Å². The maximum atomic E-state index is 13.1. The van der Waals surface area contributed by atoms with E-state index >= 15 is 0 Å². The van der Waals surface area contributed by atoms with Crippen LogP contribution in [0.1, 0.15) is 31.9 Å². The molecule has 0 bridgehead atoms. The fourth-order valence-electron chi connectivity index (χ4n) is 1.65. The summed E-state index contributed by atoms with van der Waals surface area (Å²) < 4.78 is 17.8. The van der Waals surface area contributed by atoms with Crippen LogP contribution in [-0.2, 0) is 9.53 Å². The van der Waals surface area contributed by atoms with Gasteiger partial charge in [-0.2, -0.15) is 0 Å². The summed E-state index contributed by atoms with van der Waals surface area (Å²) in [6.07, 6.45) is 0.193. The lowest BCUT2D eigenvalue weighted by atomic mass is 10.0. The number of carbonyl (C=O) groups is 1. The van der Waals surface area contributed by atoms with Gasteiger partial charge in [-0.1, -0.05) is 26.0 Å². The van der Waals surface area contributed by atoms with Crippen molar-refractivity contribution in [2.24, 2.45) is 0 Å². The van der Waals surface area contributed by atoms with Gasteiger partial charge in [0.05, 0.1) is 13.5 Å². The lowest BCUT2D eigenvalue weighted by Crippen LogP contribution is -2.30. The van der Waals surface area contributed by atoms with E-state index in [1.807, 2.05) is 13.8 Å². The van der Waals surface area contributed by atoms with Crippen LogP contribution in [0.15, 0.2) is 24.3 Å². The Kier molecular flexibility index (Phi) is 5.10. The Morgan fingerprint density at radius 3 is 2.71 bits per heavy atom. The van der Waals surface area contributed by atoms with Crippen molar-refractivity contribution in [1.82, 2.24) is 5.32 Å². The van der Waals surface area contributed by atoms with Gasteiger partial charge in [0.2, 0.25) is 0 Å². The summed E-state index contributed by atoms with van der Waals surface area (Å²) in [7, 11) is 1.35. The quantitative estimate of drug-likeness (QED) is 0.802. The van der Waals surface area contributed by atoms with Crippen LogP contribution in [-0.4, -0.2) is 19.1 Å². The number of nitrogens with one attached hydrogen (secondary N) is 1. The Morgan fingerprint density at radius 1 is 1.47 bits per heavy atom. The fourth-order valence-corrected chi connectivity index (χ4v) is 1.65. The number of carbonyl (C=O) groups excluding carboxylic acids is 1. The Morgan fingerprint density at radius 2 is 2.18 bits per heavy atom. The van der Waals surface area contributed by atoms with E-state index in [1.54, 1.807) is 12.1 Å². The molecule has 0 amide bonds.